The monoisotopic (exact) mass is 222 g/mol. The number of rotatable bonds is 2. The first-order chi connectivity index (χ1) is 7.70. The summed E-state index contributed by atoms with van der Waals surface area (Å²) in [5.74, 6) is -2.04. The number of hydrogen-bond donors (Lipinski definition) is 1. The molecule has 86 valence electrons. The lowest BCUT2D eigenvalue weighted by Gasteiger charge is -2.26. The quantitative estimate of drug-likeness (QED) is 0.821. The first kappa shape index (κ1) is 10.9. The van der Waals surface area contributed by atoms with Gasteiger partial charge in [-0.1, -0.05) is 12.8 Å². The van der Waals surface area contributed by atoms with Crippen LogP contribution in [-0.4, -0.2) is 26.8 Å². The first-order valence-corrected chi connectivity index (χ1v) is 5.47. The van der Waals surface area contributed by atoms with E-state index in [-0.39, 0.29) is 5.91 Å². The molecule has 1 aromatic rings. The highest BCUT2D eigenvalue weighted by Gasteiger charge is 2.36. The summed E-state index contributed by atoms with van der Waals surface area (Å²) < 4.78 is 1.24. The number of aromatic nitrogens is 2. The molecule has 0 aromatic carbocycles. The standard InChI is InChI=1S/C11H14N2O3/c14-10(13-7-3-6-12-13)8-4-1-2-5-9(8)11(15)16/h3,6-9H,1-2,4-5H2,(H,15,16). The Labute approximate surface area is 93.1 Å². The van der Waals surface area contributed by atoms with Crippen molar-refractivity contribution in [2.24, 2.45) is 11.8 Å². The summed E-state index contributed by atoms with van der Waals surface area (Å²) in [5, 5.41) is 12.9. The number of carboxylic acid groups (broad SMARTS) is 1. The van der Waals surface area contributed by atoms with Gasteiger partial charge in [0, 0.05) is 12.4 Å². The summed E-state index contributed by atoms with van der Waals surface area (Å²) in [6.45, 7) is 0. The Morgan fingerprint density at radius 1 is 1.25 bits per heavy atom. The molecule has 1 aromatic heterocycles. The molecule has 1 N–H and O–H groups in total. The van der Waals surface area contributed by atoms with Crippen molar-refractivity contribution in [1.29, 1.82) is 0 Å². The third kappa shape index (κ3) is 1.98. The highest BCUT2D eigenvalue weighted by Crippen LogP contribution is 2.31. The van der Waals surface area contributed by atoms with Crippen molar-refractivity contribution in [2.75, 3.05) is 0 Å². The fraction of sp³-hybridized carbons (Fsp3) is 0.545. The van der Waals surface area contributed by atoms with E-state index in [1.807, 2.05) is 0 Å². The van der Waals surface area contributed by atoms with Crippen molar-refractivity contribution in [3.8, 4) is 0 Å². The van der Waals surface area contributed by atoms with Crippen molar-refractivity contribution < 1.29 is 14.7 Å². The average molecular weight is 222 g/mol. The number of hydrogen-bond acceptors (Lipinski definition) is 3. The minimum atomic E-state index is -0.870. The van der Waals surface area contributed by atoms with Gasteiger partial charge in [-0.3, -0.25) is 9.59 Å². The van der Waals surface area contributed by atoms with Gasteiger partial charge in [0.1, 0.15) is 0 Å². The lowest BCUT2D eigenvalue weighted by Crippen LogP contribution is -2.35. The molecule has 1 fully saturated rings. The first-order valence-electron chi connectivity index (χ1n) is 5.47. The smallest absolute Gasteiger partial charge is 0.307 e. The topological polar surface area (TPSA) is 72.2 Å². The highest BCUT2D eigenvalue weighted by atomic mass is 16.4. The summed E-state index contributed by atoms with van der Waals surface area (Å²) in [6, 6.07) is 1.66. The van der Waals surface area contributed by atoms with Crippen LogP contribution in [0.1, 0.15) is 30.5 Å². The molecule has 5 nitrogen and oxygen atoms in total. The van der Waals surface area contributed by atoms with E-state index in [4.69, 9.17) is 5.11 Å². The van der Waals surface area contributed by atoms with Crippen LogP contribution in [0.3, 0.4) is 0 Å². The molecule has 1 aliphatic rings. The number of carbonyl (C=O) groups is 2. The van der Waals surface area contributed by atoms with Gasteiger partial charge in [-0.2, -0.15) is 5.10 Å². The third-order valence-electron chi connectivity index (χ3n) is 3.13. The van der Waals surface area contributed by atoms with Gasteiger partial charge in [0.2, 0.25) is 0 Å². The molecule has 0 spiro atoms. The van der Waals surface area contributed by atoms with E-state index in [2.05, 4.69) is 5.10 Å². The predicted octanol–water partition coefficient (Wildman–Crippen LogP) is 1.41. The molecule has 2 unspecified atom stereocenters. The molecule has 2 atom stereocenters. The van der Waals surface area contributed by atoms with E-state index in [0.717, 1.165) is 12.8 Å². The van der Waals surface area contributed by atoms with Crippen LogP contribution < -0.4 is 0 Å². The normalized spacial score (nSPS) is 25.2. The number of nitrogens with zero attached hydrogens (tertiary/aromatic N) is 2. The van der Waals surface area contributed by atoms with Gasteiger partial charge in [0.25, 0.3) is 5.91 Å². The fourth-order valence-corrected chi connectivity index (χ4v) is 2.29. The van der Waals surface area contributed by atoms with Crippen molar-refractivity contribution >= 4 is 11.9 Å². The maximum absolute atomic E-state index is 12.0. The van der Waals surface area contributed by atoms with Crippen LogP contribution in [0, 0.1) is 11.8 Å². The van der Waals surface area contributed by atoms with Crippen molar-refractivity contribution in [2.45, 2.75) is 25.7 Å². The molecule has 16 heavy (non-hydrogen) atoms. The molecular formula is C11H14N2O3. The Bertz CT molecular complexity index is 386. The van der Waals surface area contributed by atoms with Crippen LogP contribution in [-0.2, 0) is 4.79 Å². The van der Waals surface area contributed by atoms with Crippen molar-refractivity contribution in [3.63, 3.8) is 0 Å². The van der Waals surface area contributed by atoms with Crippen LogP contribution in [0.4, 0.5) is 0 Å². The molecule has 0 amide bonds. The molecule has 1 saturated carbocycles. The Morgan fingerprint density at radius 3 is 2.50 bits per heavy atom. The van der Waals surface area contributed by atoms with Gasteiger partial charge in [0.15, 0.2) is 0 Å². The SMILES string of the molecule is O=C(O)C1CCCCC1C(=O)n1cccn1. The van der Waals surface area contributed by atoms with Crippen LogP contribution in [0.25, 0.3) is 0 Å². The second kappa shape index (κ2) is 4.47. The van der Waals surface area contributed by atoms with Gasteiger partial charge in [0.05, 0.1) is 11.8 Å². The van der Waals surface area contributed by atoms with Gasteiger partial charge in [-0.05, 0) is 18.9 Å². The van der Waals surface area contributed by atoms with E-state index >= 15 is 0 Å². The van der Waals surface area contributed by atoms with Crippen LogP contribution >= 0.6 is 0 Å². The molecule has 0 radical (unpaired) electrons. The molecule has 2 rings (SSSR count). The summed E-state index contributed by atoms with van der Waals surface area (Å²) in [7, 11) is 0. The molecule has 0 bridgehead atoms. The molecule has 1 heterocycles. The number of carboxylic acids is 1. The van der Waals surface area contributed by atoms with E-state index in [1.165, 1.54) is 10.9 Å². The minimum absolute atomic E-state index is 0.197. The Morgan fingerprint density at radius 2 is 1.94 bits per heavy atom. The zero-order valence-electron chi connectivity index (χ0n) is 8.87. The van der Waals surface area contributed by atoms with E-state index in [9.17, 15) is 9.59 Å². The zero-order valence-corrected chi connectivity index (χ0v) is 8.87. The highest BCUT2D eigenvalue weighted by molar-refractivity contribution is 5.86. The summed E-state index contributed by atoms with van der Waals surface area (Å²) >= 11 is 0. The van der Waals surface area contributed by atoms with Gasteiger partial charge in [-0.15, -0.1) is 0 Å². The van der Waals surface area contributed by atoms with Crippen LogP contribution in [0.2, 0.25) is 0 Å². The lowest BCUT2D eigenvalue weighted by atomic mass is 9.79. The number of aliphatic carboxylic acids is 1. The van der Waals surface area contributed by atoms with Gasteiger partial charge in [-0.25, -0.2) is 4.68 Å². The fourth-order valence-electron chi connectivity index (χ4n) is 2.29. The average Bonchev–Trinajstić information content (AvgIpc) is 2.81. The van der Waals surface area contributed by atoms with Gasteiger partial charge < -0.3 is 5.11 Å². The second-order valence-corrected chi connectivity index (χ2v) is 4.12. The molecular weight excluding hydrogens is 208 g/mol. The largest absolute Gasteiger partial charge is 0.481 e. The Kier molecular flexibility index (Phi) is 3.03. The molecule has 5 heteroatoms. The Hall–Kier alpha value is -1.65. The zero-order chi connectivity index (χ0) is 11.5. The third-order valence-corrected chi connectivity index (χ3v) is 3.13. The van der Waals surface area contributed by atoms with Gasteiger partial charge >= 0.3 is 5.97 Å². The Balaban J connectivity index is 2.17. The summed E-state index contributed by atoms with van der Waals surface area (Å²) in [4.78, 5) is 23.1. The predicted molar refractivity (Wildman–Crippen MR) is 55.9 cm³/mol. The van der Waals surface area contributed by atoms with E-state index < -0.39 is 17.8 Å². The molecule has 0 saturated heterocycles. The maximum Gasteiger partial charge on any atom is 0.307 e. The summed E-state index contributed by atoms with van der Waals surface area (Å²) in [5.41, 5.74) is 0. The van der Waals surface area contributed by atoms with Crippen molar-refractivity contribution in [3.05, 3.63) is 18.5 Å². The second-order valence-electron chi connectivity index (χ2n) is 4.12. The van der Waals surface area contributed by atoms with Crippen molar-refractivity contribution in [1.82, 2.24) is 9.78 Å². The van der Waals surface area contributed by atoms with Crippen LogP contribution in [0.15, 0.2) is 18.5 Å². The summed E-state index contributed by atoms with van der Waals surface area (Å²) in [6.07, 6.45) is 6.14. The molecule has 0 aliphatic heterocycles. The van der Waals surface area contributed by atoms with Crippen LogP contribution in [0.5, 0.6) is 0 Å². The maximum atomic E-state index is 12.0. The van der Waals surface area contributed by atoms with E-state index in [1.54, 1.807) is 12.3 Å². The minimum Gasteiger partial charge on any atom is -0.481 e. The number of carbonyl (C=O) groups excluding carboxylic acids is 1. The lowest BCUT2D eigenvalue weighted by molar-refractivity contribution is -0.144. The van der Waals surface area contributed by atoms with E-state index in [0.29, 0.717) is 12.8 Å². The molecule has 1 aliphatic carbocycles.